The summed E-state index contributed by atoms with van der Waals surface area (Å²) in [6.45, 7) is 7.72. The van der Waals surface area contributed by atoms with Crippen LogP contribution in [0.2, 0.25) is 0 Å². The van der Waals surface area contributed by atoms with Gasteiger partial charge in [0.15, 0.2) is 0 Å². The largest absolute Gasteiger partial charge is 0.342 e. The van der Waals surface area contributed by atoms with Gasteiger partial charge in [-0.3, -0.25) is 9.20 Å². The number of carbonyl (C=O) groups excluding carboxylic acids is 1. The first-order valence-corrected chi connectivity index (χ1v) is 8.14. The maximum Gasteiger partial charge on any atom is 0.237 e. The van der Waals surface area contributed by atoms with Crippen molar-refractivity contribution >= 4 is 23.0 Å². The Labute approximate surface area is 135 Å². The predicted octanol–water partition coefficient (Wildman–Crippen LogP) is 2.47. The van der Waals surface area contributed by atoms with Crippen molar-refractivity contribution < 1.29 is 4.79 Å². The number of alkyl halides is 1. The topological polar surface area (TPSA) is 50.5 Å². The summed E-state index contributed by atoms with van der Waals surface area (Å²) in [4.78, 5) is 22.7. The van der Waals surface area contributed by atoms with Crippen molar-refractivity contribution in [1.29, 1.82) is 0 Å². The zero-order valence-electron chi connectivity index (χ0n) is 13.3. The highest BCUT2D eigenvalue weighted by atomic mass is 35.5. The summed E-state index contributed by atoms with van der Waals surface area (Å²) in [5, 5.41) is 0. The fourth-order valence-corrected chi connectivity index (χ4v) is 3.45. The van der Waals surface area contributed by atoms with E-state index in [-0.39, 0.29) is 17.2 Å². The molecule has 0 unspecified atom stereocenters. The molecule has 0 aliphatic carbocycles. The number of hydrogen-bond donors (Lipinski definition) is 0. The number of halogens is 1. The van der Waals surface area contributed by atoms with Crippen LogP contribution in [0.15, 0.2) is 12.3 Å². The van der Waals surface area contributed by atoms with Gasteiger partial charge in [-0.2, -0.15) is 0 Å². The molecule has 1 amide bonds. The standard InChI is InChI=1S/C16H21ClN4O/c1-11-18-10-13-8-14(19-12(2)21(11)13)16(3)4-6-20(7-5-16)15(22)9-17/h8,10H,4-7,9H2,1-3H3. The van der Waals surface area contributed by atoms with Crippen molar-refractivity contribution in [3.8, 4) is 0 Å². The van der Waals surface area contributed by atoms with Gasteiger partial charge in [-0.05, 0) is 32.8 Å². The molecule has 0 N–H and O–H groups in total. The van der Waals surface area contributed by atoms with Crippen molar-refractivity contribution in [2.75, 3.05) is 19.0 Å². The molecule has 0 bridgehead atoms. The number of nitrogens with zero attached hydrogens (tertiary/aromatic N) is 4. The summed E-state index contributed by atoms with van der Waals surface area (Å²) in [6, 6.07) is 2.13. The number of likely N-dealkylation sites (tertiary alicyclic amines) is 1. The summed E-state index contributed by atoms with van der Waals surface area (Å²) in [7, 11) is 0. The van der Waals surface area contributed by atoms with Gasteiger partial charge in [-0.25, -0.2) is 9.97 Å². The minimum absolute atomic E-state index is 0.00617. The summed E-state index contributed by atoms with van der Waals surface area (Å²) in [6.07, 6.45) is 3.71. The summed E-state index contributed by atoms with van der Waals surface area (Å²) in [5.74, 6) is 2.01. The van der Waals surface area contributed by atoms with Crippen LogP contribution < -0.4 is 0 Å². The molecule has 0 atom stereocenters. The van der Waals surface area contributed by atoms with Gasteiger partial charge in [-0.1, -0.05) is 6.92 Å². The molecule has 1 saturated heterocycles. The first-order chi connectivity index (χ1) is 10.4. The summed E-state index contributed by atoms with van der Waals surface area (Å²) < 4.78 is 2.07. The predicted molar refractivity (Wildman–Crippen MR) is 86.3 cm³/mol. The highest BCUT2D eigenvalue weighted by Crippen LogP contribution is 2.34. The Kier molecular flexibility index (Phi) is 3.85. The molecule has 1 fully saturated rings. The number of aryl methyl sites for hydroxylation is 2. The Morgan fingerprint density at radius 1 is 1.32 bits per heavy atom. The van der Waals surface area contributed by atoms with Crippen LogP contribution >= 0.6 is 11.6 Å². The molecule has 3 heterocycles. The number of aromatic nitrogens is 3. The van der Waals surface area contributed by atoms with Crippen LogP contribution in [0.4, 0.5) is 0 Å². The SMILES string of the molecule is Cc1ncc2cc(C3(C)CCN(C(=O)CCl)CC3)nc(C)n12. The number of fused-ring (bicyclic) bond motifs is 1. The Morgan fingerprint density at radius 2 is 2.00 bits per heavy atom. The fourth-order valence-electron chi connectivity index (χ4n) is 3.28. The van der Waals surface area contributed by atoms with Gasteiger partial charge in [0.05, 0.1) is 17.4 Å². The Morgan fingerprint density at radius 3 is 2.64 bits per heavy atom. The molecular weight excluding hydrogens is 300 g/mol. The Bertz CT molecular complexity index is 716. The normalized spacial score (nSPS) is 17.9. The molecule has 5 nitrogen and oxygen atoms in total. The van der Waals surface area contributed by atoms with Crippen molar-refractivity contribution in [2.45, 2.75) is 39.0 Å². The summed E-state index contributed by atoms with van der Waals surface area (Å²) >= 11 is 5.65. The number of amides is 1. The van der Waals surface area contributed by atoms with Gasteiger partial charge in [0, 0.05) is 18.5 Å². The molecule has 118 valence electrons. The minimum Gasteiger partial charge on any atom is -0.342 e. The molecule has 0 spiro atoms. The van der Waals surface area contributed by atoms with Crippen LogP contribution in [0.3, 0.4) is 0 Å². The zero-order chi connectivity index (χ0) is 15.9. The van der Waals surface area contributed by atoms with Gasteiger partial charge < -0.3 is 4.90 Å². The van der Waals surface area contributed by atoms with Crippen LogP contribution in [0, 0.1) is 13.8 Å². The van der Waals surface area contributed by atoms with Crippen LogP contribution in [0.25, 0.3) is 5.52 Å². The van der Waals surface area contributed by atoms with E-state index in [0.29, 0.717) is 0 Å². The third-order valence-corrected chi connectivity index (χ3v) is 5.04. The highest BCUT2D eigenvalue weighted by Gasteiger charge is 2.34. The maximum absolute atomic E-state index is 11.7. The van der Waals surface area contributed by atoms with Crippen LogP contribution in [0.5, 0.6) is 0 Å². The molecule has 0 aromatic carbocycles. The van der Waals surface area contributed by atoms with Crippen molar-refractivity contribution in [3.63, 3.8) is 0 Å². The lowest BCUT2D eigenvalue weighted by molar-refractivity contribution is -0.130. The Hall–Kier alpha value is -1.62. The third-order valence-electron chi connectivity index (χ3n) is 4.81. The van der Waals surface area contributed by atoms with E-state index in [2.05, 4.69) is 22.4 Å². The van der Waals surface area contributed by atoms with Crippen LogP contribution in [-0.4, -0.2) is 44.1 Å². The summed E-state index contributed by atoms with van der Waals surface area (Å²) in [5.41, 5.74) is 2.17. The average molecular weight is 321 g/mol. The first kappa shape index (κ1) is 15.3. The van der Waals surface area contributed by atoms with E-state index in [0.717, 1.165) is 48.8 Å². The maximum atomic E-state index is 11.7. The molecule has 1 aliphatic rings. The van der Waals surface area contributed by atoms with Crippen molar-refractivity contribution in [1.82, 2.24) is 19.3 Å². The third kappa shape index (κ3) is 2.47. The Balaban J connectivity index is 1.89. The molecular formula is C16H21ClN4O. The van der Waals surface area contributed by atoms with E-state index < -0.39 is 0 Å². The molecule has 3 rings (SSSR count). The molecule has 6 heteroatoms. The van der Waals surface area contributed by atoms with Gasteiger partial charge >= 0.3 is 0 Å². The van der Waals surface area contributed by atoms with E-state index in [9.17, 15) is 4.79 Å². The molecule has 2 aromatic heterocycles. The molecule has 0 saturated carbocycles. The molecule has 0 radical (unpaired) electrons. The number of carbonyl (C=O) groups is 1. The van der Waals surface area contributed by atoms with E-state index in [1.165, 1.54) is 0 Å². The van der Waals surface area contributed by atoms with Gasteiger partial charge in [0.1, 0.15) is 17.5 Å². The van der Waals surface area contributed by atoms with E-state index in [1.54, 1.807) is 0 Å². The van der Waals surface area contributed by atoms with Gasteiger partial charge in [-0.15, -0.1) is 11.6 Å². The van der Waals surface area contributed by atoms with E-state index >= 15 is 0 Å². The fraction of sp³-hybridized carbons (Fsp3) is 0.562. The van der Waals surface area contributed by atoms with Crippen LogP contribution in [0.1, 0.15) is 37.1 Å². The van der Waals surface area contributed by atoms with Crippen molar-refractivity contribution in [3.05, 3.63) is 29.6 Å². The van der Waals surface area contributed by atoms with Crippen LogP contribution in [-0.2, 0) is 10.2 Å². The zero-order valence-corrected chi connectivity index (χ0v) is 14.0. The number of hydrogen-bond acceptors (Lipinski definition) is 3. The molecule has 1 aliphatic heterocycles. The molecule has 2 aromatic rings. The lowest BCUT2D eigenvalue weighted by atomic mass is 9.77. The monoisotopic (exact) mass is 320 g/mol. The lowest BCUT2D eigenvalue weighted by Crippen LogP contribution is -2.44. The first-order valence-electron chi connectivity index (χ1n) is 7.60. The lowest BCUT2D eigenvalue weighted by Gasteiger charge is -2.39. The second-order valence-electron chi connectivity index (χ2n) is 6.33. The highest BCUT2D eigenvalue weighted by molar-refractivity contribution is 6.27. The van der Waals surface area contributed by atoms with Gasteiger partial charge in [0.25, 0.3) is 0 Å². The number of imidazole rings is 1. The smallest absolute Gasteiger partial charge is 0.237 e. The average Bonchev–Trinajstić information content (AvgIpc) is 2.89. The number of rotatable bonds is 2. The second-order valence-corrected chi connectivity index (χ2v) is 6.60. The molecule has 22 heavy (non-hydrogen) atoms. The second kappa shape index (κ2) is 5.54. The van der Waals surface area contributed by atoms with E-state index in [1.807, 2.05) is 24.9 Å². The number of piperidine rings is 1. The van der Waals surface area contributed by atoms with E-state index in [4.69, 9.17) is 16.6 Å². The quantitative estimate of drug-likeness (QED) is 0.799. The van der Waals surface area contributed by atoms with Crippen molar-refractivity contribution in [2.24, 2.45) is 0 Å². The van der Waals surface area contributed by atoms with Gasteiger partial charge in [0.2, 0.25) is 5.91 Å². The minimum atomic E-state index is -0.00617.